The molecule has 1 aromatic heterocycles. The van der Waals surface area contributed by atoms with Gasteiger partial charge in [-0.3, -0.25) is 0 Å². The molecule has 0 aromatic carbocycles. The van der Waals surface area contributed by atoms with E-state index in [4.69, 9.17) is 34.0 Å². The normalized spacial score (nSPS) is 13.5. The van der Waals surface area contributed by atoms with Gasteiger partial charge in [0, 0.05) is 0 Å². The lowest BCUT2D eigenvalue weighted by Gasteiger charge is -2.16. The summed E-state index contributed by atoms with van der Waals surface area (Å²) in [6.07, 6.45) is -7.23. The molecule has 0 saturated carbocycles. The first kappa shape index (κ1) is 14.1. The Labute approximate surface area is 105 Å². The van der Waals surface area contributed by atoms with Crippen molar-refractivity contribution in [1.82, 2.24) is 4.98 Å². The smallest absolute Gasteiger partial charge is 0.382 e. The van der Waals surface area contributed by atoms with Crippen LogP contribution in [0.15, 0.2) is 6.07 Å². The fourth-order valence-corrected chi connectivity index (χ4v) is 1.34. The minimum atomic E-state index is -4.71. The Morgan fingerprint density at radius 3 is 2.53 bits per heavy atom. The number of nitrogens with zero attached hydrogens (tertiary/aromatic N) is 1. The van der Waals surface area contributed by atoms with Gasteiger partial charge in [0.1, 0.15) is 11.6 Å². The average molecular weight is 290 g/mol. The number of anilines is 2. The third-order valence-corrected chi connectivity index (χ3v) is 2.39. The number of nitrogens with two attached hydrogens (primary N) is 1. The zero-order chi connectivity index (χ0) is 13.2. The largest absolute Gasteiger partial charge is 0.416 e. The predicted molar refractivity (Wildman–Crippen MR) is 59.2 cm³/mol. The van der Waals surface area contributed by atoms with E-state index in [1.807, 2.05) is 0 Å². The number of nitrogens with one attached hydrogen (secondary N) is 1. The lowest BCUT2D eigenvalue weighted by molar-refractivity contribution is -0.198. The molecule has 4 N–H and O–H groups in total. The Balaban J connectivity index is 2.73. The van der Waals surface area contributed by atoms with Crippen molar-refractivity contribution in [1.29, 1.82) is 0 Å². The number of rotatable bonds is 3. The van der Waals surface area contributed by atoms with Crippen LogP contribution in [0.1, 0.15) is 0 Å². The van der Waals surface area contributed by atoms with E-state index in [0.717, 1.165) is 0 Å². The fraction of sp³-hybridized carbons (Fsp3) is 0.375. The van der Waals surface area contributed by atoms with Crippen LogP contribution in [0.4, 0.5) is 24.8 Å². The first-order valence-corrected chi connectivity index (χ1v) is 5.07. The highest BCUT2D eigenvalue weighted by molar-refractivity contribution is 6.37. The van der Waals surface area contributed by atoms with Crippen LogP contribution in [-0.2, 0) is 0 Å². The van der Waals surface area contributed by atoms with Gasteiger partial charge in [0.05, 0.1) is 16.6 Å². The van der Waals surface area contributed by atoms with Gasteiger partial charge in [-0.05, 0) is 6.07 Å². The van der Waals surface area contributed by atoms with Crippen molar-refractivity contribution in [3.63, 3.8) is 0 Å². The maximum absolute atomic E-state index is 12.0. The van der Waals surface area contributed by atoms with E-state index in [1.54, 1.807) is 0 Å². The zero-order valence-electron chi connectivity index (χ0n) is 8.22. The number of nitrogen functional groups attached to an aromatic ring is 1. The molecule has 0 aliphatic heterocycles. The molecule has 0 aliphatic rings. The summed E-state index contributed by atoms with van der Waals surface area (Å²) >= 11 is 11.3. The number of hydrogen-bond acceptors (Lipinski definition) is 4. The van der Waals surface area contributed by atoms with Gasteiger partial charge in [0.15, 0.2) is 6.10 Å². The molecule has 1 atom stereocenters. The minimum Gasteiger partial charge on any atom is -0.382 e. The van der Waals surface area contributed by atoms with Crippen LogP contribution in [0.25, 0.3) is 0 Å². The van der Waals surface area contributed by atoms with Crippen LogP contribution >= 0.6 is 23.2 Å². The maximum atomic E-state index is 12.0. The van der Waals surface area contributed by atoms with E-state index in [2.05, 4.69) is 10.3 Å². The van der Waals surface area contributed by atoms with Crippen LogP contribution in [0.3, 0.4) is 0 Å². The van der Waals surface area contributed by atoms with Crippen molar-refractivity contribution in [2.45, 2.75) is 12.3 Å². The molecule has 96 valence electrons. The van der Waals surface area contributed by atoms with Crippen molar-refractivity contribution >= 4 is 34.8 Å². The molecule has 9 heteroatoms. The monoisotopic (exact) mass is 289 g/mol. The molecule has 0 amide bonds. The van der Waals surface area contributed by atoms with Gasteiger partial charge in [0.25, 0.3) is 0 Å². The number of pyridine rings is 1. The summed E-state index contributed by atoms with van der Waals surface area (Å²) < 4.78 is 36.0. The highest BCUT2D eigenvalue weighted by atomic mass is 35.5. The first-order valence-electron chi connectivity index (χ1n) is 4.32. The second kappa shape index (κ2) is 5.16. The van der Waals surface area contributed by atoms with Crippen molar-refractivity contribution < 1.29 is 18.3 Å². The molecular formula is C8H8Cl2F3N3O. The van der Waals surface area contributed by atoms with E-state index < -0.39 is 18.8 Å². The van der Waals surface area contributed by atoms with Crippen molar-refractivity contribution in [3.8, 4) is 0 Å². The first-order chi connectivity index (χ1) is 7.71. The third-order valence-electron chi connectivity index (χ3n) is 1.80. The molecule has 1 rings (SSSR count). The summed E-state index contributed by atoms with van der Waals surface area (Å²) in [6, 6.07) is 1.24. The van der Waals surface area contributed by atoms with Gasteiger partial charge in [-0.1, -0.05) is 23.2 Å². The molecular weight excluding hydrogens is 282 g/mol. The molecule has 0 fully saturated rings. The second-order valence-electron chi connectivity index (χ2n) is 3.12. The number of aromatic nitrogens is 1. The lowest BCUT2D eigenvalue weighted by Crippen LogP contribution is -2.35. The highest BCUT2D eigenvalue weighted by Crippen LogP contribution is 2.28. The van der Waals surface area contributed by atoms with Gasteiger partial charge in [0.2, 0.25) is 0 Å². The quantitative estimate of drug-likeness (QED) is 0.799. The lowest BCUT2D eigenvalue weighted by atomic mass is 10.3. The molecule has 0 bridgehead atoms. The Hall–Kier alpha value is -0.920. The second-order valence-corrected chi connectivity index (χ2v) is 3.94. The molecule has 1 unspecified atom stereocenters. The Morgan fingerprint density at radius 1 is 1.41 bits per heavy atom. The molecule has 1 aromatic rings. The summed E-state index contributed by atoms with van der Waals surface area (Å²) in [6.45, 7) is -0.780. The van der Waals surface area contributed by atoms with Crippen LogP contribution in [-0.4, -0.2) is 28.9 Å². The number of halogens is 5. The molecule has 0 saturated heterocycles. The summed E-state index contributed by atoms with van der Waals surface area (Å²) in [5, 5.41) is 11.1. The standard InChI is InChI=1S/C8H8Cl2F3N3O/c9-3-1-4(10)7(16-6(3)14)15-2-5(17)8(11,12)13/h1,5,17H,2H2,(H3,14,15,16). The average Bonchev–Trinajstić information content (AvgIpc) is 2.19. The van der Waals surface area contributed by atoms with Crippen LogP contribution in [0, 0.1) is 0 Å². The van der Waals surface area contributed by atoms with Gasteiger partial charge in [-0.25, -0.2) is 4.98 Å². The summed E-state index contributed by atoms with van der Waals surface area (Å²) in [7, 11) is 0. The highest BCUT2D eigenvalue weighted by Gasteiger charge is 2.38. The molecule has 0 radical (unpaired) electrons. The van der Waals surface area contributed by atoms with Crippen LogP contribution in [0.2, 0.25) is 10.0 Å². The topological polar surface area (TPSA) is 71.2 Å². The minimum absolute atomic E-state index is 0.0126. The number of alkyl halides is 3. The Kier molecular flexibility index (Phi) is 4.29. The van der Waals surface area contributed by atoms with E-state index in [9.17, 15) is 13.2 Å². The summed E-state index contributed by atoms with van der Waals surface area (Å²) in [5.74, 6) is -0.142. The SMILES string of the molecule is Nc1nc(NCC(O)C(F)(F)F)c(Cl)cc1Cl. The molecule has 0 aliphatic carbocycles. The fourth-order valence-electron chi connectivity index (χ4n) is 0.914. The van der Waals surface area contributed by atoms with E-state index >= 15 is 0 Å². The van der Waals surface area contributed by atoms with Gasteiger partial charge < -0.3 is 16.2 Å². The van der Waals surface area contributed by atoms with Crippen LogP contribution in [0.5, 0.6) is 0 Å². The summed E-state index contributed by atoms with van der Waals surface area (Å²) in [4.78, 5) is 3.65. The predicted octanol–water partition coefficient (Wildman–Crippen LogP) is 2.31. The van der Waals surface area contributed by atoms with Crippen molar-refractivity contribution in [3.05, 3.63) is 16.1 Å². The molecule has 4 nitrogen and oxygen atoms in total. The Morgan fingerprint density at radius 2 is 2.00 bits per heavy atom. The zero-order valence-corrected chi connectivity index (χ0v) is 9.74. The molecule has 0 spiro atoms. The van der Waals surface area contributed by atoms with E-state index in [-0.39, 0.29) is 21.7 Å². The molecule has 1 heterocycles. The van der Waals surface area contributed by atoms with E-state index in [0.29, 0.717) is 0 Å². The summed E-state index contributed by atoms with van der Waals surface area (Å²) in [5.41, 5.74) is 5.36. The molecule has 17 heavy (non-hydrogen) atoms. The van der Waals surface area contributed by atoms with Gasteiger partial charge >= 0.3 is 6.18 Å². The van der Waals surface area contributed by atoms with E-state index in [1.165, 1.54) is 6.07 Å². The Bertz CT molecular complexity index is 414. The number of aliphatic hydroxyl groups excluding tert-OH is 1. The van der Waals surface area contributed by atoms with Gasteiger partial charge in [-0.15, -0.1) is 0 Å². The maximum Gasteiger partial charge on any atom is 0.416 e. The van der Waals surface area contributed by atoms with Crippen molar-refractivity contribution in [2.24, 2.45) is 0 Å². The third kappa shape index (κ3) is 3.79. The van der Waals surface area contributed by atoms with Gasteiger partial charge in [-0.2, -0.15) is 13.2 Å². The number of aliphatic hydroxyl groups is 1. The van der Waals surface area contributed by atoms with Crippen molar-refractivity contribution in [2.75, 3.05) is 17.6 Å². The van der Waals surface area contributed by atoms with Crippen LogP contribution < -0.4 is 11.1 Å². The number of hydrogen-bond donors (Lipinski definition) is 3.